The standard InChI is InChI=1S/C9H6BrNO3/c10-4-7(12)5-1-2-8-6(3-5)11-9(13)14-8/h1-3H,4H2,(H,11,13). The third-order valence-electron chi connectivity index (χ3n) is 1.86. The van der Waals surface area contributed by atoms with Crippen molar-refractivity contribution in [3.8, 4) is 0 Å². The number of Topliss-reactive ketones (excluding diaryl/α,β-unsaturated/α-hetero) is 1. The lowest BCUT2D eigenvalue weighted by Gasteiger charge is -1.95. The molecule has 1 N–H and O–H groups in total. The van der Waals surface area contributed by atoms with Crippen molar-refractivity contribution in [2.24, 2.45) is 0 Å². The minimum atomic E-state index is -0.511. The number of H-pyrrole nitrogens is 1. The summed E-state index contributed by atoms with van der Waals surface area (Å²) in [7, 11) is 0. The number of carbonyl (C=O) groups is 1. The molecule has 72 valence electrons. The number of benzene rings is 1. The SMILES string of the molecule is O=C(CBr)c1ccc2oc(=O)[nH]c2c1. The molecule has 0 saturated heterocycles. The topological polar surface area (TPSA) is 63.1 Å². The highest BCUT2D eigenvalue weighted by Crippen LogP contribution is 2.13. The number of alkyl halides is 1. The van der Waals surface area contributed by atoms with Crippen molar-refractivity contribution >= 4 is 32.8 Å². The van der Waals surface area contributed by atoms with E-state index in [-0.39, 0.29) is 11.1 Å². The van der Waals surface area contributed by atoms with E-state index in [0.717, 1.165) is 0 Å². The fraction of sp³-hybridized carbons (Fsp3) is 0.111. The molecule has 1 aromatic heterocycles. The number of hydrogen-bond donors (Lipinski definition) is 1. The molecule has 1 heterocycles. The number of ketones is 1. The Labute approximate surface area is 87.0 Å². The molecule has 5 heteroatoms. The van der Waals surface area contributed by atoms with E-state index < -0.39 is 5.76 Å². The van der Waals surface area contributed by atoms with E-state index in [2.05, 4.69) is 20.9 Å². The van der Waals surface area contributed by atoms with Crippen molar-refractivity contribution in [2.75, 3.05) is 5.33 Å². The first kappa shape index (κ1) is 9.21. The van der Waals surface area contributed by atoms with Gasteiger partial charge in [0.25, 0.3) is 0 Å². The van der Waals surface area contributed by atoms with Crippen LogP contribution >= 0.6 is 15.9 Å². The van der Waals surface area contributed by atoms with Crippen LogP contribution in [0.1, 0.15) is 10.4 Å². The van der Waals surface area contributed by atoms with Crippen LogP contribution in [0.5, 0.6) is 0 Å². The maximum atomic E-state index is 11.3. The van der Waals surface area contributed by atoms with E-state index in [0.29, 0.717) is 16.7 Å². The predicted molar refractivity (Wildman–Crippen MR) is 55.0 cm³/mol. The molecule has 0 radical (unpaired) electrons. The Balaban J connectivity index is 2.61. The quantitative estimate of drug-likeness (QED) is 0.657. The largest absolute Gasteiger partial charge is 0.417 e. The van der Waals surface area contributed by atoms with Crippen molar-refractivity contribution in [3.63, 3.8) is 0 Å². The van der Waals surface area contributed by atoms with Crippen molar-refractivity contribution in [1.29, 1.82) is 0 Å². The maximum absolute atomic E-state index is 11.3. The van der Waals surface area contributed by atoms with E-state index in [1.807, 2.05) is 0 Å². The molecule has 1 aromatic carbocycles. The zero-order chi connectivity index (χ0) is 10.1. The monoisotopic (exact) mass is 255 g/mol. The Bertz CT molecular complexity index is 540. The summed E-state index contributed by atoms with van der Waals surface area (Å²) < 4.78 is 4.80. The van der Waals surface area contributed by atoms with Gasteiger partial charge in [-0.25, -0.2) is 4.79 Å². The summed E-state index contributed by atoms with van der Waals surface area (Å²) in [6.45, 7) is 0. The molecule has 0 fully saturated rings. The fourth-order valence-corrected chi connectivity index (χ4v) is 1.53. The molecule has 0 spiro atoms. The van der Waals surface area contributed by atoms with Gasteiger partial charge in [-0.05, 0) is 18.2 Å². The zero-order valence-electron chi connectivity index (χ0n) is 7.04. The Morgan fingerprint density at radius 3 is 3.00 bits per heavy atom. The molecular formula is C9H6BrNO3. The second-order valence-corrected chi connectivity index (χ2v) is 3.34. The number of fused-ring (bicyclic) bond motifs is 1. The van der Waals surface area contributed by atoms with Crippen molar-refractivity contribution in [3.05, 3.63) is 34.3 Å². The summed E-state index contributed by atoms with van der Waals surface area (Å²) in [4.78, 5) is 24.6. The van der Waals surface area contributed by atoms with Gasteiger partial charge >= 0.3 is 5.76 Å². The number of nitrogens with one attached hydrogen (secondary N) is 1. The summed E-state index contributed by atoms with van der Waals surface area (Å²) in [6.07, 6.45) is 0. The van der Waals surface area contributed by atoms with Gasteiger partial charge < -0.3 is 4.42 Å². The molecular weight excluding hydrogens is 250 g/mol. The number of carbonyl (C=O) groups excluding carboxylic acids is 1. The summed E-state index contributed by atoms with van der Waals surface area (Å²) >= 11 is 3.08. The van der Waals surface area contributed by atoms with Crippen LogP contribution in [0.15, 0.2) is 27.4 Å². The minimum absolute atomic E-state index is 0.0334. The molecule has 0 aliphatic heterocycles. The second kappa shape index (κ2) is 3.42. The fourth-order valence-electron chi connectivity index (χ4n) is 1.20. The van der Waals surface area contributed by atoms with E-state index in [1.165, 1.54) is 0 Å². The van der Waals surface area contributed by atoms with Gasteiger partial charge in [-0.1, -0.05) is 15.9 Å². The Kier molecular flexibility index (Phi) is 2.25. The summed E-state index contributed by atoms with van der Waals surface area (Å²) in [6, 6.07) is 4.83. The molecule has 0 saturated carbocycles. The molecule has 0 aliphatic carbocycles. The number of aromatic nitrogens is 1. The van der Waals surface area contributed by atoms with Gasteiger partial charge in [-0.3, -0.25) is 9.78 Å². The van der Waals surface area contributed by atoms with Gasteiger partial charge in [0.05, 0.1) is 10.8 Å². The third kappa shape index (κ3) is 1.50. The number of hydrogen-bond acceptors (Lipinski definition) is 3. The first-order valence-electron chi connectivity index (χ1n) is 3.93. The average Bonchev–Trinajstić information content (AvgIpc) is 2.55. The van der Waals surface area contributed by atoms with Crippen molar-refractivity contribution < 1.29 is 9.21 Å². The third-order valence-corrected chi connectivity index (χ3v) is 2.37. The number of halogens is 1. The lowest BCUT2D eigenvalue weighted by Crippen LogP contribution is -1.99. The summed E-state index contributed by atoms with van der Waals surface area (Å²) in [5.74, 6) is -0.544. The molecule has 14 heavy (non-hydrogen) atoms. The summed E-state index contributed by atoms with van der Waals surface area (Å²) in [5, 5.41) is 0.264. The van der Waals surface area contributed by atoms with Crippen LogP contribution in [0, 0.1) is 0 Å². The molecule has 0 atom stereocenters. The lowest BCUT2D eigenvalue weighted by molar-refractivity contribution is 0.102. The number of oxazole rings is 1. The zero-order valence-corrected chi connectivity index (χ0v) is 8.63. The van der Waals surface area contributed by atoms with Crippen LogP contribution in [0.4, 0.5) is 0 Å². The van der Waals surface area contributed by atoms with Gasteiger partial charge in [-0.2, -0.15) is 0 Å². The average molecular weight is 256 g/mol. The highest BCUT2D eigenvalue weighted by Gasteiger charge is 2.06. The molecule has 0 amide bonds. The van der Waals surface area contributed by atoms with E-state index in [1.54, 1.807) is 18.2 Å². The molecule has 4 nitrogen and oxygen atoms in total. The maximum Gasteiger partial charge on any atom is 0.417 e. The van der Waals surface area contributed by atoms with Crippen molar-refractivity contribution in [1.82, 2.24) is 4.98 Å². The number of rotatable bonds is 2. The van der Waals surface area contributed by atoms with Gasteiger partial charge in [0.1, 0.15) is 0 Å². The normalized spacial score (nSPS) is 10.6. The number of aromatic amines is 1. The molecule has 2 aromatic rings. The van der Waals surface area contributed by atoms with Crippen LogP contribution in [0.25, 0.3) is 11.1 Å². The highest BCUT2D eigenvalue weighted by molar-refractivity contribution is 9.09. The van der Waals surface area contributed by atoms with Gasteiger partial charge in [0.15, 0.2) is 11.4 Å². The Morgan fingerprint density at radius 1 is 1.50 bits per heavy atom. The van der Waals surface area contributed by atoms with Crippen LogP contribution in [0.3, 0.4) is 0 Å². The van der Waals surface area contributed by atoms with Crippen LogP contribution < -0.4 is 5.76 Å². The van der Waals surface area contributed by atoms with Crippen LogP contribution in [-0.2, 0) is 0 Å². The molecule has 2 rings (SSSR count). The van der Waals surface area contributed by atoms with Gasteiger partial charge in [0.2, 0.25) is 0 Å². The molecule has 0 bridgehead atoms. The summed E-state index contributed by atoms with van der Waals surface area (Å²) in [5.41, 5.74) is 1.55. The predicted octanol–water partition coefficient (Wildman–Crippen LogP) is 1.70. The van der Waals surface area contributed by atoms with Crippen LogP contribution in [0.2, 0.25) is 0 Å². The lowest BCUT2D eigenvalue weighted by atomic mass is 10.1. The highest BCUT2D eigenvalue weighted by atomic mass is 79.9. The smallest absolute Gasteiger partial charge is 0.408 e. The van der Waals surface area contributed by atoms with E-state index in [4.69, 9.17) is 4.42 Å². The van der Waals surface area contributed by atoms with E-state index >= 15 is 0 Å². The molecule has 0 unspecified atom stereocenters. The van der Waals surface area contributed by atoms with Gasteiger partial charge in [0, 0.05) is 5.56 Å². The minimum Gasteiger partial charge on any atom is -0.408 e. The van der Waals surface area contributed by atoms with Crippen molar-refractivity contribution in [2.45, 2.75) is 0 Å². The Hall–Kier alpha value is -1.36. The molecule has 0 aliphatic rings. The van der Waals surface area contributed by atoms with Gasteiger partial charge in [-0.15, -0.1) is 0 Å². The van der Waals surface area contributed by atoms with E-state index in [9.17, 15) is 9.59 Å². The second-order valence-electron chi connectivity index (χ2n) is 2.78. The van der Waals surface area contributed by atoms with Crippen LogP contribution in [-0.4, -0.2) is 16.1 Å². The first-order chi connectivity index (χ1) is 6.70. The Morgan fingerprint density at radius 2 is 2.29 bits per heavy atom. The first-order valence-corrected chi connectivity index (χ1v) is 5.05.